The van der Waals surface area contributed by atoms with E-state index < -0.39 is 17.5 Å². The average molecular weight is 343 g/mol. The van der Waals surface area contributed by atoms with Crippen LogP contribution in [0.3, 0.4) is 0 Å². The summed E-state index contributed by atoms with van der Waals surface area (Å²) in [7, 11) is 0. The number of rotatable bonds is 3. The van der Waals surface area contributed by atoms with Crippen molar-refractivity contribution in [2.75, 3.05) is 5.73 Å². The van der Waals surface area contributed by atoms with Crippen molar-refractivity contribution < 1.29 is 18.3 Å². The van der Waals surface area contributed by atoms with Gasteiger partial charge in [-0.25, -0.2) is 8.78 Å². The second-order valence-corrected chi connectivity index (χ2v) is 4.83. The van der Waals surface area contributed by atoms with Crippen molar-refractivity contribution in [2.24, 2.45) is 5.73 Å². The van der Waals surface area contributed by atoms with E-state index in [1.54, 1.807) is 0 Å². The Kier molecular flexibility index (Phi) is 3.89. The van der Waals surface area contributed by atoms with E-state index in [0.717, 1.165) is 12.1 Å². The number of ether oxygens (including phenoxy) is 1. The quantitative estimate of drug-likeness (QED) is 0.840. The van der Waals surface area contributed by atoms with Crippen LogP contribution in [0.4, 0.5) is 14.5 Å². The summed E-state index contributed by atoms with van der Waals surface area (Å²) < 4.78 is 32.9. The number of nitrogen functional groups attached to an aromatic ring is 1. The minimum Gasteiger partial charge on any atom is -0.451 e. The molecule has 0 heterocycles. The molecule has 0 radical (unpaired) electrons. The zero-order chi connectivity index (χ0) is 14.9. The molecule has 0 spiro atoms. The third-order valence-electron chi connectivity index (χ3n) is 2.48. The van der Waals surface area contributed by atoms with Crippen LogP contribution in [0.5, 0.6) is 11.5 Å². The standard InChI is InChI=1S/C13H9BrF2N2O2/c14-6-1-2-11(8(15)3-6)20-12-4-7(13(18)19)10(17)5-9(12)16/h1-5H,17H2,(H2,18,19). The fraction of sp³-hybridized carbons (Fsp3) is 0. The molecule has 0 fully saturated rings. The van der Waals surface area contributed by atoms with Crippen molar-refractivity contribution in [1.82, 2.24) is 0 Å². The molecule has 4 nitrogen and oxygen atoms in total. The molecule has 0 atom stereocenters. The van der Waals surface area contributed by atoms with Gasteiger partial charge in [0.15, 0.2) is 23.1 Å². The van der Waals surface area contributed by atoms with Gasteiger partial charge in [-0.1, -0.05) is 15.9 Å². The molecule has 7 heteroatoms. The van der Waals surface area contributed by atoms with Crippen LogP contribution in [0.15, 0.2) is 34.8 Å². The summed E-state index contributed by atoms with van der Waals surface area (Å²) in [5, 5.41) is 0. The third-order valence-corrected chi connectivity index (χ3v) is 2.98. The highest BCUT2D eigenvalue weighted by molar-refractivity contribution is 9.10. The number of hydrogen-bond acceptors (Lipinski definition) is 3. The SMILES string of the molecule is NC(=O)c1cc(Oc2ccc(Br)cc2F)c(F)cc1N. The van der Waals surface area contributed by atoms with Gasteiger partial charge in [-0.05, 0) is 24.3 Å². The summed E-state index contributed by atoms with van der Waals surface area (Å²) in [5.41, 5.74) is 10.3. The van der Waals surface area contributed by atoms with Crippen LogP contribution in [0.25, 0.3) is 0 Å². The van der Waals surface area contributed by atoms with Crippen LogP contribution in [0.2, 0.25) is 0 Å². The predicted octanol–water partition coefficient (Wildman–Crippen LogP) is 3.20. The zero-order valence-electron chi connectivity index (χ0n) is 9.99. The largest absolute Gasteiger partial charge is 0.451 e. The highest BCUT2D eigenvalue weighted by Gasteiger charge is 2.15. The number of amides is 1. The normalized spacial score (nSPS) is 10.3. The Morgan fingerprint density at radius 1 is 1.10 bits per heavy atom. The molecule has 0 aliphatic heterocycles. The summed E-state index contributed by atoms with van der Waals surface area (Å²) >= 11 is 3.09. The maximum absolute atomic E-state index is 13.7. The summed E-state index contributed by atoms with van der Waals surface area (Å²) in [6, 6.07) is 5.95. The molecule has 2 aromatic rings. The minimum atomic E-state index is -0.830. The van der Waals surface area contributed by atoms with Gasteiger partial charge in [0.25, 0.3) is 5.91 Å². The summed E-state index contributed by atoms with van der Waals surface area (Å²) in [5.74, 6) is -2.86. The van der Waals surface area contributed by atoms with Gasteiger partial charge < -0.3 is 16.2 Å². The maximum Gasteiger partial charge on any atom is 0.250 e. The van der Waals surface area contributed by atoms with Gasteiger partial charge in [0.1, 0.15) is 0 Å². The Hall–Kier alpha value is -2.15. The molecule has 0 aliphatic carbocycles. The number of primary amides is 1. The molecule has 0 saturated heterocycles. The van der Waals surface area contributed by atoms with Crippen molar-refractivity contribution in [3.63, 3.8) is 0 Å². The molecule has 1 amide bonds. The summed E-state index contributed by atoms with van der Waals surface area (Å²) in [6.07, 6.45) is 0. The molecule has 0 saturated carbocycles. The molecule has 2 aromatic carbocycles. The molecule has 0 aromatic heterocycles. The second kappa shape index (κ2) is 5.46. The van der Waals surface area contributed by atoms with Crippen molar-refractivity contribution in [3.05, 3.63) is 52.0 Å². The van der Waals surface area contributed by atoms with Crippen LogP contribution in [-0.2, 0) is 0 Å². The van der Waals surface area contributed by atoms with Crippen molar-refractivity contribution in [1.29, 1.82) is 0 Å². The van der Waals surface area contributed by atoms with Crippen LogP contribution < -0.4 is 16.2 Å². The second-order valence-electron chi connectivity index (χ2n) is 3.91. The fourth-order valence-corrected chi connectivity index (χ4v) is 1.87. The van der Waals surface area contributed by atoms with E-state index in [-0.39, 0.29) is 22.7 Å². The van der Waals surface area contributed by atoms with Crippen LogP contribution >= 0.6 is 15.9 Å². The molecule has 4 N–H and O–H groups in total. The van der Waals surface area contributed by atoms with Gasteiger partial charge in [-0.2, -0.15) is 0 Å². The first kappa shape index (κ1) is 14.3. The Balaban J connectivity index is 2.43. The van der Waals surface area contributed by atoms with E-state index in [1.165, 1.54) is 18.2 Å². The average Bonchev–Trinajstić information content (AvgIpc) is 2.35. The lowest BCUT2D eigenvalue weighted by atomic mass is 10.1. The lowest BCUT2D eigenvalue weighted by molar-refractivity contribution is 0.100. The van der Waals surface area contributed by atoms with E-state index in [0.29, 0.717) is 4.47 Å². The number of carbonyl (C=O) groups excluding carboxylic acids is 1. The zero-order valence-corrected chi connectivity index (χ0v) is 11.6. The Morgan fingerprint density at radius 2 is 1.75 bits per heavy atom. The fourth-order valence-electron chi connectivity index (χ4n) is 1.54. The number of carbonyl (C=O) groups is 1. The van der Waals surface area contributed by atoms with E-state index in [4.69, 9.17) is 16.2 Å². The van der Waals surface area contributed by atoms with Crippen molar-refractivity contribution in [2.45, 2.75) is 0 Å². The predicted molar refractivity (Wildman–Crippen MR) is 73.5 cm³/mol. The van der Waals surface area contributed by atoms with Crippen LogP contribution in [0, 0.1) is 11.6 Å². The number of nitrogens with two attached hydrogens (primary N) is 2. The maximum atomic E-state index is 13.7. The van der Waals surface area contributed by atoms with Crippen LogP contribution in [0.1, 0.15) is 10.4 Å². The molecule has 0 unspecified atom stereocenters. The van der Waals surface area contributed by atoms with Gasteiger partial charge in [-0.15, -0.1) is 0 Å². The van der Waals surface area contributed by atoms with Gasteiger partial charge >= 0.3 is 0 Å². The first-order valence-corrected chi connectivity index (χ1v) is 6.19. The summed E-state index contributed by atoms with van der Waals surface area (Å²) in [4.78, 5) is 11.1. The van der Waals surface area contributed by atoms with Crippen molar-refractivity contribution in [3.8, 4) is 11.5 Å². The van der Waals surface area contributed by atoms with E-state index >= 15 is 0 Å². The lowest BCUT2D eigenvalue weighted by Gasteiger charge is -2.10. The molecular weight excluding hydrogens is 334 g/mol. The van der Waals surface area contributed by atoms with E-state index in [1.807, 2.05) is 0 Å². The number of benzene rings is 2. The smallest absolute Gasteiger partial charge is 0.250 e. The molecule has 2 rings (SSSR count). The van der Waals surface area contributed by atoms with Gasteiger partial charge in [-0.3, -0.25) is 4.79 Å². The number of anilines is 1. The highest BCUT2D eigenvalue weighted by atomic mass is 79.9. The van der Waals surface area contributed by atoms with Crippen LogP contribution in [-0.4, -0.2) is 5.91 Å². The number of hydrogen-bond donors (Lipinski definition) is 2. The summed E-state index contributed by atoms with van der Waals surface area (Å²) in [6.45, 7) is 0. The first-order chi connectivity index (χ1) is 9.38. The molecule has 104 valence electrons. The monoisotopic (exact) mass is 342 g/mol. The number of halogens is 3. The molecule has 0 bridgehead atoms. The highest BCUT2D eigenvalue weighted by Crippen LogP contribution is 2.31. The molecular formula is C13H9BrF2N2O2. The Labute approximate surface area is 121 Å². The Morgan fingerprint density at radius 3 is 2.35 bits per heavy atom. The Bertz CT molecular complexity index is 692. The lowest BCUT2D eigenvalue weighted by Crippen LogP contribution is -2.14. The van der Waals surface area contributed by atoms with E-state index in [2.05, 4.69) is 15.9 Å². The topological polar surface area (TPSA) is 78.3 Å². The van der Waals surface area contributed by atoms with Gasteiger partial charge in [0.05, 0.1) is 5.56 Å². The third kappa shape index (κ3) is 2.88. The van der Waals surface area contributed by atoms with E-state index in [9.17, 15) is 13.6 Å². The minimum absolute atomic E-state index is 0.0982. The molecule has 20 heavy (non-hydrogen) atoms. The van der Waals surface area contributed by atoms with Gasteiger partial charge in [0.2, 0.25) is 0 Å². The van der Waals surface area contributed by atoms with Gasteiger partial charge in [0, 0.05) is 16.2 Å². The first-order valence-electron chi connectivity index (χ1n) is 5.40. The van der Waals surface area contributed by atoms with Crippen molar-refractivity contribution >= 4 is 27.5 Å². The molecule has 0 aliphatic rings.